The molecule has 0 bridgehead atoms. The summed E-state index contributed by atoms with van der Waals surface area (Å²) >= 11 is 3.59. The number of hydrogen-bond acceptors (Lipinski definition) is 3. The van der Waals surface area contributed by atoms with E-state index >= 15 is 0 Å². The van der Waals surface area contributed by atoms with Gasteiger partial charge in [-0.25, -0.2) is 0 Å². The molecular weight excluding hydrogens is 282 g/mol. The van der Waals surface area contributed by atoms with Gasteiger partial charge in [-0.2, -0.15) is 5.10 Å². The summed E-state index contributed by atoms with van der Waals surface area (Å²) in [6.45, 7) is 3.70. The average Bonchev–Trinajstić information content (AvgIpc) is 2.59. The van der Waals surface area contributed by atoms with Gasteiger partial charge in [-0.1, -0.05) is 6.92 Å². The molecule has 1 saturated heterocycles. The molecule has 4 nitrogen and oxygen atoms in total. The second-order valence-corrected chi connectivity index (χ2v) is 5.30. The van der Waals surface area contributed by atoms with E-state index in [0.717, 1.165) is 41.8 Å². The highest BCUT2D eigenvalue weighted by Gasteiger charge is 2.25. The van der Waals surface area contributed by atoms with Crippen molar-refractivity contribution in [1.29, 1.82) is 0 Å². The Morgan fingerprint density at radius 2 is 2.35 bits per heavy atom. The molecule has 1 aromatic heterocycles. The Balaban J connectivity index is 2.17. The van der Waals surface area contributed by atoms with Crippen LogP contribution in [0.2, 0.25) is 0 Å². The Kier molecular flexibility index (Phi) is 3.99. The van der Waals surface area contributed by atoms with Crippen LogP contribution in [0.25, 0.3) is 0 Å². The molecule has 0 aromatic carbocycles. The van der Waals surface area contributed by atoms with E-state index in [4.69, 9.17) is 0 Å². The molecule has 1 aliphatic rings. The van der Waals surface area contributed by atoms with Crippen LogP contribution in [0.4, 0.5) is 0 Å². The Labute approximate surface area is 110 Å². The van der Waals surface area contributed by atoms with Crippen molar-refractivity contribution >= 4 is 21.7 Å². The Morgan fingerprint density at radius 1 is 1.59 bits per heavy atom. The van der Waals surface area contributed by atoms with E-state index in [0.29, 0.717) is 12.2 Å². The molecule has 0 radical (unpaired) electrons. The molecule has 1 atom stereocenters. The van der Waals surface area contributed by atoms with Crippen LogP contribution in [0.3, 0.4) is 0 Å². The molecular formula is C12H18BrN3O. The summed E-state index contributed by atoms with van der Waals surface area (Å²) in [6, 6.07) is 0. The summed E-state index contributed by atoms with van der Waals surface area (Å²) in [7, 11) is 1.94. The zero-order valence-electron chi connectivity index (χ0n) is 10.3. The van der Waals surface area contributed by atoms with Crippen LogP contribution in [0.5, 0.6) is 0 Å². The van der Waals surface area contributed by atoms with Crippen LogP contribution in [0.15, 0.2) is 4.47 Å². The van der Waals surface area contributed by atoms with Crippen molar-refractivity contribution in [1.82, 2.24) is 15.1 Å². The molecule has 5 heteroatoms. The summed E-state index contributed by atoms with van der Waals surface area (Å²) in [5.41, 5.74) is 2.20. The Hall–Kier alpha value is -0.680. The van der Waals surface area contributed by atoms with E-state index in [1.54, 1.807) is 0 Å². The molecule has 17 heavy (non-hydrogen) atoms. The highest BCUT2D eigenvalue weighted by atomic mass is 79.9. The van der Waals surface area contributed by atoms with E-state index in [2.05, 4.69) is 33.3 Å². The minimum atomic E-state index is 0.0974. The lowest BCUT2D eigenvalue weighted by Gasteiger charge is -2.21. The fourth-order valence-electron chi connectivity index (χ4n) is 2.27. The number of aromatic nitrogens is 2. The summed E-state index contributed by atoms with van der Waals surface area (Å²) in [5, 5.41) is 7.74. The van der Waals surface area contributed by atoms with E-state index in [1.807, 2.05) is 11.7 Å². The summed E-state index contributed by atoms with van der Waals surface area (Å²) in [4.78, 5) is 11.8. The lowest BCUT2D eigenvalue weighted by molar-refractivity contribution is -0.123. The van der Waals surface area contributed by atoms with Crippen LogP contribution in [-0.2, 0) is 24.7 Å². The molecule has 0 spiro atoms. The third-order valence-electron chi connectivity index (χ3n) is 3.34. The average molecular weight is 300 g/mol. The van der Waals surface area contributed by atoms with Gasteiger partial charge in [-0.3, -0.25) is 9.48 Å². The number of carbonyl (C=O) groups excluding carboxylic acids is 1. The first-order valence-corrected chi connectivity index (χ1v) is 6.86. The third kappa shape index (κ3) is 2.60. The molecule has 1 unspecified atom stereocenters. The highest BCUT2D eigenvalue weighted by Crippen LogP contribution is 2.25. The van der Waals surface area contributed by atoms with Crippen LogP contribution in [0, 0.1) is 5.92 Å². The number of rotatable bonds is 3. The second-order valence-electron chi connectivity index (χ2n) is 4.51. The molecule has 1 aromatic rings. The fraction of sp³-hybridized carbons (Fsp3) is 0.667. The minimum absolute atomic E-state index is 0.0974. The highest BCUT2D eigenvalue weighted by molar-refractivity contribution is 9.10. The number of aryl methyl sites for hydroxylation is 2. The predicted octanol–water partition coefficient (Wildman–Crippen LogP) is 1.47. The second kappa shape index (κ2) is 5.31. The first kappa shape index (κ1) is 12.8. The lowest BCUT2D eigenvalue weighted by atomic mass is 9.93. The molecule has 2 heterocycles. The molecule has 1 N–H and O–H groups in total. The van der Waals surface area contributed by atoms with Gasteiger partial charge >= 0.3 is 0 Å². The Bertz CT molecular complexity index is 428. The number of ketones is 1. The van der Waals surface area contributed by atoms with Gasteiger partial charge < -0.3 is 5.32 Å². The van der Waals surface area contributed by atoms with Crippen molar-refractivity contribution in [3.05, 3.63) is 15.9 Å². The Morgan fingerprint density at radius 3 is 2.94 bits per heavy atom. The molecule has 1 aliphatic heterocycles. The zero-order chi connectivity index (χ0) is 12.4. The normalized spacial score (nSPS) is 20.9. The summed E-state index contributed by atoms with van der Waals surface area (Å²) < 4.78 is 2.96. The number of piperidine rings is 1. The maximum absolute atomic E-state index is 11.8. The minimum Gasteiger partial charge on any atom is -0.316 e. The molecule has 0 aliphatic carbocycles. The maximum atomic E-state index is 11.8. The van der Waals surface area contributed by atoms with Gasteiger partial charge in [0.1, 0.15) is 5.78 Å². The van der Waals surface area contributed by atoms with Crippen molar-refractivity contribution in [2.24, 2.45) is 13.0 Å². The van der Waals surface area contributed by atoms with E-state index in [9.17, 15) is 4.79 Å². The van der Waals surface area contributed by atoms with Gasteiger partial charge in [0.25, 0.3) is 0 Å². The number of carbonyl (C=O) groups is 1. The topological polar surface area (TPSA) is 46.9 Å². The van der Waals surface area contributed by atoms with Gasteiger partial charge in [0.2, 0.25) is 0 Å². The zero-order valence-corrected chi connectivity index (χ0v) is 11.9. The van der Waals surface area contributed by atoms with E-state index in [1.165, 1.54) is 0 Å². The van der Waals surface area contributed by atoms with E-state index < -0.39 is 0 Å². The molecule has 0 saturated carbocycles. The van der Waals surface area contributed by atoms with Crippen LogP contribution >= 0.6 is 15.9 Å². The van der Waals surface area contributed by atoms with Crippen LogP contribution in [-0.4, -0.2) is 28.7 Å². The lowest BCUT2D eigenvalue weighted by Crippen LogP contribution is -2.38. The SMILES string of the molecule is CCc1nn(C)c(CC2CNCCC2=O)c1Br. The molecule has 2 rings (SSSR count). The van der Waals surface area contributed by atoms with Gasteiger partial charge in [-0.05, 0) is 22.4 Å². The van der Waals surface area contributed by atoms with Crippen LogP contribution < -0.4 is 5.32 Å². The van der Waals surface area contributed by atoms with Crippen LogP contribution in [0.1, 0.15) is 24.7 Å². The van der Waals surface area contributed by atoms with Gasteiger partial charge in [0.15, 0.2) is 0 Å². The standard InChI is InChI=1S/C12H18BrN3O/c1-3-9-12(13)10(16(2)15-9)6-8-7-14-5-4-11(8)17/h8,14H,3-7H2,1-2H3. The first-order chi connectivity index (χ1) is 8.13. The fourth-order valence-corrected chi connectivity index (χ4v) is 3.04. The first-order valence-electron chi connectivity index (χ1n) is 6.07. The van der Waals surface area contributed by atoms with Gasteiger partial charge in [0.05, 0.1) is 15.9 Å². The maximum Gasteiger partial charge on any atom is 0.138 e. The van der Waals surface area contributed by atoms with E-state index in [-0.39, 0.29) is 5.92 Å². The number of halogens is 1. The quantitative estimate of drug-likeness (QED) is 0.919. The van der Waals surface area contributed by atoms with Gasteiger partial charge in [-0.15, -0.1) is 0 Å². The van der Waals surface area contributed by atoms with Crippen molar-refractivity contribution in [3.8, 4) is 0 Å². The number of nitrogens with zero attached hydrogens (tertiary/aromatic N) is 2. The van der Waals surface area contributed by atoms with Crippen molar-refractivity contribution in [2.45, 2.75) is 26.2 Å². The third-order valence-corrected chi connectivity index (χ3v) is 4.25. The summed E-state index contributed by atoms with van der Waals surface area (Å²) in [6.07, 6.45) is 2.34. The molecule has 1 fully saturated rings. The summed E-state index contributed by atoms with van der Waals surface area (Å²) in [5.74, 6) is 0.468. The number of hydrogen-bond donors (Lipinski definition) is 1. The smallest absolute Gasteiger partial charge is 0.138 e. The van der Waals surface area contributed by atoms with Gasteiger partial charge in [0, 0.05) is 38.9 Å². The predicted molar refractivity (Wildman–Crippen MR) is 70.0 cm³/mol. The largest absolute Gasteiger partial charge is 0.316 e. The molecule has 94 valence electrons. The van der Waals surface area contributed by atoms with Crippen molar-refractivity contribution in [3.63, 3.8) is 0 Å². The van der Waals surface area contributed by atoms with Crippen molar-refractivity contribution in [2.75, 3.05) is 13.1 Å². The molecule has 0 amide bonds. The van der Waals surface area contributed by atoms with Crippen molar-refractivity contribution < 1.29 is 4.79 Å². The monoisotopic (exact) mass is 299 g/mol. The number of Topliss-reactive ketones (excluding diaryl/α,β-unsaturated/α-hetero) is 1. The number of nitrogens with one attached hydrogen (secondary N) is 1.